The molecule has 0 saturated heterocycles. The lowest BCUT2D eigenvalue weighted by molar-refractivity contribution is -0.115. The lowest BCUT2D eigenvalue weighted by Crippen LogP contribution is -2.22. The van der Waals surface area contributed by atoms with Crippen LogP contribution in [0.4, 0.5) is 5.69 Å². The van der Waals surface area contributed by atoms with E-state index in [0.29, 0.717) is 15.9 Å². The van der Waals surface area contributed by atoms with Gasteiger partial charge < -0.3 is 5.32 Å². The summed E-state index contributed by atoms with van der Waals surface area (Å²) in [7, 11) is 0. The number of halogens is 1. The van der Waals surface area contributed by atoms with Crippen LogP contribution in [-0.2, 0) is 4.79 Å². The molecule has 22 heavy (non-hydrogen) atoms. The smallest absolute Gasteiger partial charge is 0.237 e. The Morgan fingerprint density at radius 2 is 2.14 bits per heavy atom. The molecule has 112 valence electrons. The number of rotatable bonds is 4. The number of amides is 1. The summed E-state index contributed by atoms with van der Waals surface area (Å²) < 4.78 is 1.85. The molecule has 1 amide bonds. The van der Waals surface area contributed by atoms with E-state index in [1.165, 1.54) is 11.8 Å². The topological polar surface area (TPSA) is 59.3 Å². The lowest BCUT2D eigenvalue weighted by atomic mass is 10.3. The molecule has 0 radical (unpaired) electrons. The minimum atomic E-state index is -0.313. The second-order valence-electron chi connectivity index (χ2n) is 4.67. The van der Waals surface area contributed by atoms with Gasteiger partial charge in [-0.15, -0.1) is 10.2 Å². The first-order valence-electron chi connectivity index (χ1n) is 6.66. The first kappa shape index (κ1) is 14.9. The van der Waals surface area contributed by atoms with Gasteiger partial charge in [-0.1, -0.05) is 35.5 Å². The molecule has 0 aliphatic heterocycles. The number of nitrogens with zero attached hydrogens (tertiary/aromatic N) is 3. The predicted molar refractivity (Wildman–Crippen MR) is 88.4 cm³/mol. The Morgan fingerprint density at radius 1 is 1.27 bits per heavy atom. The summed E-state index contributed by atoms with van der Waals surface area (Å²) in [4.78, 5) is 12.3. The van der Waals surface area contributed by atoms with Crippen LogP contribution in [0.1, 0.15) is 6.92 Å². The maximum Gasteiger partial charge on any atom is 0.237 e. The minimum Gasteiger partial charge on any atom is -0.325 e. The van der Waals surface area contributed by atoms with Gasteiger partial charge in [-0.05, 0) is 37.3 Å². The Hall–Kier alpha value is -2.05. The number of anilines is 1. The zero-order valence-corrected chi connectivity index (χ0v) is 13.3. The summed E-state index contributed by atoms with van der Waals surface area (Å²) in [5.41, 5.74) is 1.43. The zero-order valence-electron chi connectivity index (χ0n) is 11.7. The van der Waals surface area contributed by atoms with Crippen molar-refractivity contribution in [2.45, 2.75) is 17.3 Å². The van der Waals surface area contributed by atoms with Crippen molar-refractivity contribution in [1.82, 2.24) is 14.6 Å². The highest BCUT2D eigenvalue weighted by molar-refractivity contribution is 8.00. The largest absolute Gasteiger partial charge is 0.325 e. The normalized spacial score (nSPS) is 12.3. The van der Waals surface area contributed by atoms with Crippen LogP contribution in [-0.4, -0.2) is 25.8 Å². The molecule has 2 heterocycles. The molecule has 1 N–H and O–H groups in total. The molecule has 0 fully saturated rings. The van der Waals surface area contributed by atoms with Crippen molar-refractivity contribution < 1.29 is 4.79 Å². The fourth-order valence-electron chi connectivity index (χ4n) is 1.92. The van der Waals surface area contributed by atoms with Gasteiger partial charge in [0, 0.05) is 16.9 Å². The average Bonchev–Trinajstić information content (AvgIpc) is 2.90. The number of nitrogens with one attached hydrogen (secondary N) is 1. The second kappa shape index (κ2) is 6.37. The van der Waals surface area contributed by atoms with Gasteiger partial charge in [0.2, 0.25) is 5.91 Å². The van der Waals surface area contributed by atoms with Gasteiger partial charge in [0.1, 0.15) is 0 Å². The fourth-order valence-corrected chi connectivity index (χ4v) is 2.95. The van der Waals surface area contributed by atoms with E-state index >= 15 is 0 Å². The molecule has 0 aliphatic carbocycles. The van der Waals surface area contributed by atoms with Crippen molar-refractivity contribution in [3.05, 3.63) is 53.7 Å². The molecular weight excluding hydrogens is 320 g/mol. The number of hydrogen-bond acceptors (Lipinski definition) is 4. The zero-order chi connectivity index (χ0) is 15.5. The number of thioether (sulfide) groups is 1. The highest BCUT2D eigenvalue weighted by atomic mass is 35.5. The number of benzene rings is 1. The Kier molecular flexibility index (Phi) is 4.31. The van der Waals surface area contributed by atoms with Gasteiger partial charge in [0.05, 0.1) is 5.25 Å². The van der Waals surface area contributed by atoms with Gasteiger partial charge in [0.15, 0.2) is 10.8 Å². The van der Waals surface area contributed by atoms with Crippen molar-refractivity contribution in [2.24, 2.45) is 0 Å². The first-order valence-corrected chi connectivity index (χ1v) is 7.92. The molecule has 0 aliphatic rings. The van der Waals surface area contributed by atoms with Crippen LogP contribution in [0.2, 0.25) is 5.02 Å². The maximum atomic E-state index is 12.3. The molecule has 3 aromatic rings. The predicted octanol–water partition coefficient (Wildman–Crippen LogP) is 3.50. The monoisotopic (exact) mass is 332 g/mol. The molecule has 1 atom stereocenters. The molecule has 1 aromatic carbocycles. The summed E-state index contributed by atoms with van der Waals surface area (Å²) in [6, 6.07) is 12.7. The summed E-state index contributed by atoms with van der Waals surface area (Å²) >= 11 is 7.27. The molecular formula is C15H13ClN4OS. The molecule has 0 saturated carbocycles. The third-order valence-corrected chi connectivity index (χ3v) is 4.32. The summed E-state index contributed by atoms with van der Waals surface area (Å²) in [6.45, 7) is 1.83. The van der Waals surface area contributed by atoms with Crippen LogP contribution in [0.5, 0.6) is 0 Å². The maximum absolute atomic E-state index is 12.3. The fraction of sp³-hybridized carbons (Fsp3) is 0.133. The van der Waals surface area contributed by atoms with E-state index in [-0.39, 0.29) is 11.2 Å². The van der Waals surface area contributed by atoms with Crippen LogP contribution < -0.4 is 5.32 Å². The van der Waals surface area contributed by atoms with E-state index in [1.807, 2.05) is 35.7 Å². The van der Waals surface area contributed by atoms with Crippen LogP contribution in [0, 0.1) is 0 Å². The minimum absolute atomic E-state index is 0.111. The standard InChI is InChI=1S/C15H13ClN4OS/c1-10(14(21)17-12-6-4-5-11(16)9-12)22-15-19-18-13-7-2-3-8-20(13)15/h2-10H,1H3,(H,17,21)/t10-/m1/s1. The van der Waals surface area contributed by atoms with Crippen LogP contribution in [0.3, 0.4) is 0 Å². The van der Waals surface area contributed by atoms with E-state index in [2.05, 4.69) is 15.5 Å². The van der Waals surface area contributed by atoms with Crippen LogP contribution in [0.15, 0.2) is 53.8 Å². The van der Waals surface area contributed by atoms with Crippen molar-refractivity contribution in [1.29, 1.82) is 0 Å². The number of carbonyl (C=O) groups excluding carboxylic acids is 1. The number of hydrogen-bond donors (Lipinski definition) is 1. The van der Waals surface area contributed by atoms with Crippen molar-refractivity contribution in [3.8, 4) is 0 Å². The summed E-state index contributed by atoms with van der Waals surface area (Å²) in [5.74, 6) is -0.111. The highest BCUT2D eigenvalue weighted by Crippen LogP contribution is 2.23. The Labute approximate surface area is 136 Å². The van der Waals surface area contributed by atoms with Crippen molar-refractivity contribution in [2.75, 3.05) is 5.32 Å². The van der Waals surface area contributed by atoms with E-state index in [1.54, 1.807) is 24.3 Å². The van der Waals surface area contributed by atoms with Gasteiger partial charge in [-0.25, -0.2) is 0 Å². The Bertz CT molecular complexity index is 820. The van der Waals surface area contributed by atoms with E-state index < -0.39 is 0 Å². The van der Waals surface area contributed by atoms with Crippen LogP contribution in [0.25, 0.3) is 5.65 Å². The molecule has 5 nitrogen and oxygen atoms in total. The third kappa shape index (κ3) is 3.23. The Morgan fingerprint density at radius 3 is 2.95 bits per heavy atom. The first-order chi connectivity index (χ1) is 10.6. The van der Waals surface area contributed by atoms with Crippen molar-refractivity contribution >= 4 is 40.6 Å². The van der Waals surface area contributed by atoms with E-state index in [9.17, 15) is 4.79 Å². The summed E-state index contributed by atoms with van der Waals surface area (Å²) in [5, 5.41) is 12.0. The lowest BCUT2D eigenvalue weighted by Gasteiger charge is -2.11. The molecule has 3 rings (SSSR count). The van der Waals surface area contributed by atoms with Gasteiger partial charge in [0.25, 0.3) is 0 Å². The quantitative estimate of drug-likeness (QED) is 0.743. The molecule has 0 spiro atoms. The molecule has 7 heteroatoms. The number of pyridine rings is 1. The van der Waals surface area contributed by atoms with Crippen molar-refractivity contribution in [3.63, 3.8) is 0 Å². The van der Waals surface area contributed by atoms with Gasteiger partial charge in [-0.3, -0.25) is 9.20 Å². The molecule has 0 unspecified atom stereocenters. The van der Waals surface area contributed by atoms with E-state index in [4.69, 9.17) is 11.6 Å². The third-order valence-electron chi connectivity index (χ3n) is 3.03. The van der Waals surface area contributed by atoms with Gasteiger partial charge in [-0.2, -0.15) is 0 Å². The second-order valence-corrected chi connectivity index (χ2v) is 6.42. The number of aromatic nitrogens is 3. The number of carbonyl (C=O) groups is 1. The summed E-state index contributed by atoms with van der Waals surface area (Å²) in [6.07, 6.45) is 1.87. The van der Waals surface area contributed by atoms with E-state index in [0.717, 1.165) is 5.65 Å². The molecule has 2 aromatic heterocycles. The number of fused-ring (bicyclic) bond motifs is 1. The highest BCUT2D eigenvalue weighted by Gasteiger charge is 2.18. The molecule has 0 bridgehead atoms. The van der Waals surface area contributed by atoms with Gasteiger partial charge >= 0.3 is 0 Å². The average molecular weight is 333 g/mol. The van der Waals surface area contributed by atoms with Crippen LogP contribution >= 0.6 is 23.4 Å². The SMILES string of the molecule is C[C@@H](Sc1nnc2ccccn12)C(=O)Nc1cccc(Cl)c1. The Balaban J connectivity index is 1.71.